The zero-order valence-electron chi connectivity index (χ0n) is 13.6. The largest absolute Gasteiger partial charge is 0.493 e. The molecule has 6 heteroatoms. The number of hydrogen-bond acceptors (Lipinski definition) is 4. The minimum absolute atomic E-state index is 0.120. The van der Waals surface area contributed by atoms with Gasteiger partial charge in [-0.2, -0.15) is 5.10 Å². The molecular formula is C19H18N4O2. The quantitative estimate of drug-likeness (QED) is 0.768. The van der Waals surface area contributed by atoms with Gasteiger partial charge in [0.05, 0.1) is 12.2 Å². The van der Waals surface area contributed by atoms with Gasteiger partial charge in [-0.25, -0.2) is 4.98 Å². The number of carbonyl (C=O) groups is 1. The summed E-state index contributed by atoms with van der Waals surface area (Å²) in [5.41, 5.74) is 2.51. The number of hydrogen-bond donors (Lipinski definition) is 2. The maximum absolute atomic E-state index is 12.6. The Kier molecular flexibility index (Phi) is 4.16. The molecular weight excluding hydrogens is 316 g/mol. The van der Waals surface area contributed by atoms with Crippen LogP contribution in [0.3, 0.4) is 0 Å². The monoisotopic (exact) mass is 334 g/mol. The molecule has 0 aliphatic carbocycles. The molecule has 0 saturated heterocycles. The summed E-state index contributed by atoms with van der Waals surface area (Å²) in [6.07, 6.45) is 2.33. The van der Waals surface area contributed by atoms with Crippen LogP contribution in [-0.2, 0) is 6.42 Å². The summed E-state index contributed by atoms with van der Waals surface area (Å²) in [4.78, 5) is 16.8. The van der Waals surface area contributed by atoms with Gasteiger partial charge in [-0.05, 0) is 24.1 Å². The third kappa shape index (κ3) is 3.24. The van der Waals surface area contributed by atoms with Crippen molar-refractivity contribution in [3.8, 4) is 17.1 Å². The number of aromatic nitrogens is 3. The molecule has 0 saturated carbocycles. The first-order chi connectivity index (χ1) is 12.3. The van der Waals surface area contributed by atoms with E-state index in [-0.39, 0.29) is 11.8 Å². The number of ether oxygens (including phenoxy) is 1. The van der Waals surface area contributed by atoms with Crippen LogP contribution in [0.2, 0.25) is 0 Å². The van der Waals surface area contributed by atoms with Crippen LogP contribution < -0.4 is 10.1 Å². The molecule has 0 radical (unpaired) electrons. The molecule has 1 aliphatic rings. The maximum atomic E-state index is 12.6. The molecule has 1 aliphatic heterocycles. The van der Waals surface area contributed by atoms with E-state index in [9.17, 15) is 4.79 Å². The van der Waals surface area contributed by atoms with Crippen molar-refractivity contribution in [2.24, 2.45) is 5.92 Å². The van der Waals surface area contributed by atoms with Gasteiger partial charge in [-0.3, -0.25) is 9.89 Å². The van der Waals surface area contributed by atoms with E-state index >= 15 is 0 Å². The Morgan fingerprint density at radius 2 is 2.04 bits per heavy atom. The lowest BCUT2D eigenvalue weighted by molar-refractivity contribution is 0.0939. The smallest absolute Gasteiger partial charge is 0.252 e. The second-order valence-corrected chi connectivity index (χ2v) is 6.08. The molecule has 2 aromatic carbocycles. The van der Waals surface area contributed by atoms with Gasteiger partial charge in [-0.1, -0.05) is 36.4 Å². The summed E-state index contributed by atoms with van der Waals surface area (Å²) in [5.74, 6) is 1.67. The van der Waals surface area contributed by atoms with E-state index in [0.717, 1.165) is 17.7 Å². The van der Waals surface area contributed by atoms with Crippen LogP contribution in [0.25, 0.3) is 11.4 Å². The zero-order chi connectivity index (χ0) is 17.1. The summed E-state index contributed by atoms with van der Waals surface area (Å²) in [6, 6.07) is 15.4. The predicted molar refractivity (Wildman–Crippen MR) is 93.3 cm³/mol. The molecule has 2 N–H and O–H groups in total. The van der Waals surface area contributed by atoms with Crippen molar-refractivity contribution in [3.63, 3.8) is 0 Å². The number of benzene rings is 2. The molecule has 1 atom stereocenters. The molecule has 1 aromatic heterocycles. The number of carbonyl (C=O) groups excluding carboxylic acids is 1. The Balaban J connectivity index is 1.44. The molecule has 6 nitrogen and oxygen atoms in total. The third-order valence-corrected chi connectivity index (χ3v) is 4.35. The van der Waals surface area contributed by atoms with Gasteiger partial charge in [0.1, 0.15) is 12.1 Å². The molecule has 4 rings (SSSR count). The van der Waals surface area contributed by atoms with Gasteiger partial charge in [-0.15, -0.1) is 0 Å². The molecule has 25 heavy (non-hydrogen) atoms. The number of amides is 1. The topological polar surface area (TPSA) is 79.9 Å². The number of nitrogens with one attached hydrogen (secondary N) is 2. The van der Waals surface area contributed by atoms with Gasteiger partial charge in [0.25, 0.3) is 5.91 Å². The van der Waals surface area contributed by atoms with Gasteiger partial charge < -0.3 is 10.1 Å². The number of fused-ring (bicyclic) bond motifs is 1. The summed E-state index contributed by atoms with van der Waals surface area (Å²) >= 11 is 0. The van der Waals surface area contributed by atoms with E-state index in [2.05, 4.69) is 26.6 Å². The fourth-order valence-corrected chi connectivity index (χ4v) is 3.08. The molecule has 3 aromatic rings. The second-order valence-electron chi connectivity index (χ2n) is 6.08. The summed E-state index contributed by atoms with van der Waals surface area (Å²) in [7, 11) is 0. The average Bonchev–Trinajstić information content (AvgIpc) is 3.20. The highest BCUT2D eigenvalue weighted by Gasteiger charge is 2.21. The number of rotatable bonds is 4. The third-order valence-electron chi connectivity index (χ3n) is 4.35. The van der Waals surface area contributed by atoms with Crippen molar-refractivity contribution in [2.75, 3.05) is 13.2 Å². The molecule has 126 valence electrons. The highest BCUT2D eigenvalue weighted by molar-refractivity contribution is 6.00. The van der Waals surface area contributed by atoms with E-state index in [4.69, 9.17) is 4.74 Å². The van der Waals surface area contributed by atoms with Crippen molar-refractivity contribution < 1.29 is 9.53 Å². The van der Waals surface area contributed by atoms with Gasteiger partial charge >= 0.3 is 0 Å². The summed E-state index contributed by atoms with van der Waals surface area (Å²) < 4.78 is 5.78. The molecule has 0 bridgehead atoms. The first-order valence-corrected chi connectivity index (χ1v) is 8.25. The van der Waals surface area contributed by atoms with Crippen molar-refractivity contribution in [1.29, 1.82) is 0 Å². The molecule has 1 amide bonds. The van der Waals surface area contributed by atoms with Crippen LogP contribution in [0.5, 0.6) is 5.75 Å². The van der Waals surface area contributed by atoms with Crippen molar-refractivity contribution in [1.82, 2.24) is 20.5 Å². The van der Waals surface area contributed by atoms with Gasteiger partial charge in [0.15, 0.2) is 5.82 Å². The average molecular weight is 334 g/mol. The van der Waals surface area contributed by atoms with Crippen LogP contribution in [0.1, 0.15) is 15.9 Å². The van der Waals surface area contributed by atoms with Crippen LogP contribution in [0.4, 0.5) is 0 Å². The number of H-pyrrole nitrogens is 1. The minimum atomic E-state index is -0.120. The standard InChI is InChI=1S/C19H18N4O2/c24-19(16-7-3-2-6-15(16)18-21-12-22-23-18)20-10-13-9-14-5-1-4-8-17(14)25-11-13/h1-8,12-13H,9-11H2,(H,20,24)(H,21,22,23)/t13-/m0/s1. The van der Waals surface area contributed by atoms with E-state index < -0.39 is 0 Å². The van der Waals surface area contributed by atoms with Crippen LogP contribution in [0.15, 0.2) is 54.9 Å². The lowest BCUT2D eigenvalue weighted by Gasteiger charge is -2.25. The number of aromatic amines is 1. The Morgan fingerprint density at radius 1 is 1.20 bits per heavy atom. The highest BCUT2D eigenvalue weighted by Crippen LogP contribution is 2.26. The SMILES string of the molecule is O=C(NC[C@H]1COc2ccccc2C1)c1ccccc1-c1ncn[nH]1. The highest BCUT2D eigenvalue weighted by atomic mass is 16.5. The van der Waals surface area contributed by atoms with E-state index in [0.29, 0.717) is 24.5 Å². The fraction of sp³-hybridized carbons (Fsp3) is 0.211. The lowest BCUT2D eigenvalue weighted by Crippen LogP contribution is -2.35. The van der Waals surface area contributed by atoms with Crippen molar-refractivity contribution in [3.05, 3.63) is 66.0 Å². The zero-order valence-corrected chi connectivity index (χ0v) is 13.6. The minimum Gasteiger partial charge on any atom is -0.493 e. The summed E-state index contributed by atoms with van der Waals surface area (Å²) in [6.45, 7) is 1.18. The second kappa shape index (κ2) is 6.76. The fourth-order valence-electron chi connectivity index (χ4n) is 3.08. The molecule has 0 unspecified atom stereocenters. The van der Waals surface area contributed by atoms with E-state index in [1.165, 1.54) is 11.9 Å². The van der Waals surface area contributed by atoms with Crippen LogP contribution in [-0.4, -0.2) is 34.2 Å². The Labute approximate surface area is 145 Å². The predicted octanol–water partition coefficient (Wildman–Crippen LogP) is 2.45. The Hall–Kier alpha value is -3.15. The van der Waals surface area contributed by atoms with Gasteiger partial charge in [0, 0.05) is 18.0 Å². The molecule has 0 fully saturated rings. The molecule has 0 spiro atoms. The lowest BCUT2D eigenvalue weighted by atomic mass is 9.96. The van der Waals surface area contributed by atoms with Gasteiger partial charge in [0.2, 0.25) is 0 Å². The Bertz CT molecular complexity index is 877. The van der Waals surface area contributed by atoms with Crippen molar-refractivity contribution in [2.45, 2.75) is 6.42 Å². The maximum Gasteiger partial charge on any atom is 0.252 e. The number of para-hydroxylation sites is 1. The van der Waals surface area contributed by atoms with Crippen LogP contribution >= 0.6 is 0 Å². The first-order valence-electron chi connectivity index (χ1n) is 8.25. The van der Waals surface area contributed by atoms with Crippen molar-refractivity contribution >= 4 is 5.91 Å². The van der Waals surface area contributed by atoms with Crippen LogP contribution in [0, 0.1) is 5.92 Å². The number of nitrogens with zero attached hydrogens (tertiary/aromatic N) is 2. The summed E-state index contributed by atoms with van der Waals surface area (Å²) in [5, 5.41) is 9.68. The normalized spacial score (nSPS) is 15.9. The Morgan fingerprint density at radius 3 is 2.92 bits per heavy atom. The van der Waals surface area contributed by atoms with E-state index in [1.807, 2.05) is 36.4 Å². The first kappa shape index (κ1) is 15.4. The van der Waals surface area contributed by atoms with E-state index in [1.54, 1.807) is 6.07 Å². The molecule has 2 heterocycles.